The molecule has 6 rings (SSSR count). The summed E-state index contributed by atoms with van der Waals surface area (Å²) in [5.74, 6) is -3.30. The van der Waals surface area contributed by atoms with Crippen molar-refractivity contribution in [3.05, 3.63) is 65.2 Å². The first-order chi connectivity index (χ1) is 22.4. The molecule has 16 heteroatoms. The Kier molecular flexibility index (Phi) is 8.47. The second-order valence-electron chi connectivity index (χ2n) is 11.0. The number of aromatic hydroxyl groups is 2. The fourth-order valence-electron chi connectivity index (χ4n) is 5.63. The van der Waals surface area contributed by atoms with Gasteiger partial charge >= 0.3 is 5.97 Å². The van der Waals surface area contributed by atoms with Gasteiger partial charge in [0.15, 0.2) is 53.5 Å². The fraction of sp³-hybridized carbons (Fsp3) is 0.355. The molecule has 9 atom stereocenters. The number of rotatable bonds is 7. The lowest BCUT2D eigenvalue weighted by atomic mass is 9.92. The molecule has 0 bridgehead atoms. The summed E-state index contributed by atoms with van der Waals surface area (Å²) in [6.07, 6.45) is -14.7. The molecule has 1 saturated heterocycles. The molecule has 0 aliphatic carbocycles. The molecule has 0 spiro atoms. The molecular formula is C31H30O16. The Balaban J connectivity index is 1.29. The Labute approximate surface area is 265 Å². The molecule has 0 radical (unpaired) electrons. The van der Waals surface area contributed by atoms with Crippen LogP contribution >= 0.6 is 0 Å². The van der Waals surface area contributed by atoms with Gasteiger partial charge in [-0.15, -0.1) is 0 Å². The summed E-state index contributed by atoms with van der Waals surface area (Å²) in [5, 5.41) is 81.3. The van der Waals surface area contributed by atoms with Crippen molar-refractivity contribution in [1.29, 1.82) is 0 Å². The van der Waals surface area contributed by atoms with Gasteiger partial charge in [-0.1, -0.05) is 12.1 Å². The van der Waals surface area contributed by atoms with Gasteiger partial charge in [-0.2, -0.15) is 0 Å². The van der Waals surface area contributed by atoms with Gasteiger partial charge in [0.2, 0.25) is 12.1 Å². The lowest BCUT2D eigenvalue weighted by Gasteiger charge is -2.39. The van der Waals surface area contributed by atoms with E-state index in [2.05, 4.69) is 0 Å². The highest BCUT2D eigenvalue weighted by Gasteiger charge is 2.49. The Morgan fingerprint density at radius 2 is 1.51 bits per heavy atom. The summed E-state index contributed by atoms with van der Waals surface area (Å²) in [6.45, 7) is -0.419. The first kappa shape index (κ1) is 32.1. The summed E-state index contributed by atoms with van der Waals surface area (Å²) < 4.78 is 33.9. The van der Waals surface area contributed by atoms with Gasteiger partial charge in [0.05, 0.1) is 13.7 Å². The standard InChI is InChI=1S/C31H30O16/c1-42-16-6-11(2-4-14(16)34)27-20(10-32)43-15-5-3-12(7-17(15)44-27)28-24(37)22(35)21-18(45-28)8-13(33)9-19(21)46-31-26(39)23(36)25(38)29(47-31)30(40)41/h2-9,20,23-29,31-34,36-39H,10H2,1H3,(H,40,41)/t20?,23-,24?,25-,26+,27?,28+,29-,31+/m0/s1. The summed E-state index contributed by atoms with van der Waals surface area (Å²) in [6, 6.07) is 11.0. The van der Waals surface area contributed by atoms with Crippen LogP contribution in [0.1, 0.15) is 33.7 Å². The molecule has 3 aromatic rings. The van der Waals surface area contributed by atoms with Crippen LogP contribution in [0.15, 0.2) is 48.5 Å². The third-order valence-corrected chi connectivity index (χ3v) is 8.04. The van der Waals surface area contributed by atoms with Gasteiger partial charge in [0.1, 0.15) is 41.1 Å². The number of methoxy groups -OCH3 is 1. The van der Waals surface area contributed by atoms with E-state index in [0.717, 1.165) is 12.1 Å². The van der Waals surface area contributed by atoms with Crippen molar-refractivity contribution in [3.63, 3.8) is 0 Å². The molecule has 3 aliphatic rings. The minimum absolute atomic E-state index is 0.104. The zero-order valence-corrected chi connectivity index (χ0v) is 24.4. The molecule has 3 unspecified atom stereocenters. The first-order valence-corrected chi connectivity index (χ1v) is 14.2. The zero-order chi connectivity index (χ0) is 33.7. The number of Topliss-reactive ketones (excluding diaryl/α,β-unsaturated/α-hetero) is 1. The zero-order valence-electron chi connectivity index (χ0n) is 24.4. The first-order valence-electron chi connectivity index (χ1n) is 14.2. The van der Waals surface area contributed by atoms with Crippen molar-refractivity contribution in [2.45, 2.75) is 55.1 Å². The highest BCUT2D eigenvalue weighted by Crippen LogP contribution is 2.46. The second kappa shape index (κ2) is 12.4. The maximum atomic E-state index is 13.5. The number of hydrogen-bond acceptors (Lipinski definition) is 15. The fourth-order valence-corrected chi connectivity index (χ4v) is 5.63. The summed E-state index contributed by atoms with van der Waals surface area (Å²) in [4.78, 5) is 25.0. The number of phenols is 2. The van der Waals surface area contributed by atoms with E-state index in [1.54, 1.807) is 6.07 Å². The van der Waals surface area contributed by atoms with Crippen molar-refractivity contribution in [2.75, 3.05) is 13.7 Å². The normalized spacial score (nSPS) is 29.7. The number of carbonyl (C=O) groups is 2. The summed E-state index contributed by atoms with van der Waals surface area (Å²) in [7, 11) is 1.38. The molecule has 0 saturated carbocycles. The largest absolute Gasteiger partial charge is 0.508 e. The molecule has 47 heavy (non-hydrogen) atoms. The number of aliphatic hydroxyl groups excluding tert-OH is 5. The van der Waals surface area contributed by atoms with E-state index in [1.807, 2.05) is 0 Å². The van der Waals surface area contributed by atoms with E-state index in [4.69, 9.17) is 28.4 Å². The van der Waals surface area contributed by atoms with Crippen LogP contribution in [-0.2, 0) is 9.53 Å². The molecule has 0 amide bonds. The van der Waals surface area contributed by atoms with Crippen LogP contribution in [-0.4, -0.2) is 109 Å². The van der Waals surface area contributed by atoms with Crippen molar-refractivity contribution >= 4 is 11.8 Å². The minimum Gasteiger partial charge on any atom is -0.508 e. The third-order valence-electron chi connectivity index (χ3n) is 8.04. The number of carboxylic acids is 1. The Bertz CT molecular complexity index is 1690. The Morgan fingerprint density at radius 1 is 0.809 bits per heavy atom. The average molecular weight is 659 g/mol. The Morgan fingerprint density at radius 3 is 2.21 bits per heavy atom. The predicted molar refractivity (Wildman–Crippen MR) is 153 cm³/mol. The Hall–Kier alpha value is -4.84. The van der Waals surface area contributed by atoms with Crippen LogP contribution in [0.3, 0.4) is 0 Å². The average Bonchev–Trinajstić information content (AvgIpc) is 3.05. The van der Waals surface area contributed by atoms with Gasteiger partial charge in [-0.3, -0.25) is 4.79 Å². The van der Waals surface area contributed by atoms with Crippen LogP contribution in [0.25, 0.3) is 0 Å². The molecule has 250 valence electrons. The van der Waals surface area contributed by atoms with Gasteiger partial charge in [0, 0.05) is 17.7 Å². The van der Waals surface area contributed by atoms with Crippen molar-refractivity contribution in [1.82, 2.24) is 0 Å². The maximum absolute atomic E-state index is 13.5. The molecule has 0 aromatic heterocycles. The van der Waals surface area contributed by atoms with Gasteiger partial charge < -0.3 is 69.3 Å². The second-order valence-corrected chi connectivity index (χ2v) is 11.0. The van der Waals surface area contributed by atoms with Gasteiger partial charge in [-0.05, 0) is 29.8 Å². The summed E-state index contributed by atoms with van der Waals surface area (Å²) >= 11 is 0. The minimum atomic E-state index is -2.00. The number of carboxylic acid groups (broad SMARTS) is 1. The highest BCUT2D eigenvalue weighted by atomic mass is 16.7. The predicted octanol–water partition coefficient (Wildman–Crippen LogP) is -0.0719. The monoisotopic (exact) mass is 658 g/mol. The van der Waals surface area contributed by atoms with Gasteiger partial charge in [-0.25, -0.2) is 4.79 Å². The van der Waals surface area contributed by atoms with Crippen molar-refractivity contribution in [3.8, 4) is 40.2 Å². The van der Waals surface area contributed by atoms with Crippen molar-refractivity contribution < 1.29 is 78.9 Å². The number of hydrogen-bond donors (Lipinski definition) is 8. The van der Waals surface area contributed by atoms with E-state index in [9.17, 15) is 50.4 Å². The highest BCUT2D eigenvalue weighted by molar-refractivity contribution is 6.05. The maximum Gasteiger partial charge on any atom is 0.335 e. The quantitative estimate of drug-likeness (QED) is 0.165. The van der Waals surface area contributed by atoms with E-state index in [-0.39, 0.29) is 39.9 Å². The number of carbonyl (C=O) groups excluding carboxylic acids is 1. The lowest BCUT2D eigenvalue weighted by molar-refractivity contribution is -0.271. The number of aliphatic hydroxyl groups is 5. The van der Waals surface area contributed by atoms with Crippen LogP contribution < -0.4 is 23.7 Å². The number of phenolic OH excluding ortho intramolecular Hbond substituents is 2. The summed E-state index contributed by atoms with van der Waals surface area (Å²) in [5.41, 5.74) is 0.390. The number of fused-ring (bicyclic) bond motifs is 2. The van der Waals surface area contributed by atoms with Crippen LogP contribution in [0.2, 0.25) is 0 Å². The smallest absolute Gasteiger partial charge is 0.335 e. The van der Waals surface area contributed by atoms with E-state index in [0.29, 0.717) is 5.56 Å². The molecule has 3 aromatic carbocycles. The third kappa shape index (κ3) is 5.71. The number of aliphatic carboxylic acids is 1. The van der Waals surface area contributed by atoms with Gasteiger partial charge in [0.25, 0.3) is 0 Å². The van der Waals surface area contributed by atoms with E-state index in [1.165, 1.54) is 37.4 Å². The number of ether oxygens (including phenoxy) is 6. The number of ketones is 1. The molecular weight excluding hydrogens is 628 g/mol. The van der Waals surface area contributed by atoms with Crippen LogP contribution in [0, 0.1) is 0 Å². The SMILES string of the molecule is COc1cc(C2Oc3cc([C@H]4Oc5cc(O)cc(O[C@@H]6O[C@H](C(=O)O)[C@@H](O)[C@H](O)[C@H]6O)c5C(=O)C4O)ccc3OC2CO)ccc1O. The molecule has 1 fully saturated rings. The topological polar surface area (TPSA) is 251 Å². The molecule has 3 heterocycles. The van der Waals surface area contributed by atoms with Crippen molar-refractivity contribution in [2.24, 2.45) is 0 Å². The number of benzene rings is 3. The molecule has 8 N–H and O–H groups in total. The molecule has 16 nitrogen and oxygen atoms in total. The lowest BCUT2D eigenvalue weighted by Crippen LogP contribution is -2.61. The molecule has 3 aliphatic heterocycles. The van der Waals surface area contributed by atoms with E-state index >= 15 is 0 Å². The van der Waals surface area contributed by atoms with Crippen LogP contribution in [0.4, 0.5) is 0 Å². The van der Waals surface area contributed by atoms with Crippen LogP contribution in [0.5, 0.6) is 40.2 Å². The van der Waals surface area contributed by atoms with E-state index < -0.39 is 85.0 Å².